The van der Waals surface area contributed by atoms with Gasteiger partial charge in [0.1, 0.15) is 0 Å². The van der Waals surface area contributed by atoms with Crippen molar-refractivity contribution in [1.29, 1.82) is 0 Å². The summed E-state index contributed by atoms with van der Waals surface area (Å²) in [7, 11) is 0. The number of ether oxygens (including phenoxy) is 1. The maximum absolute atomic E-state index is 6.13. The van der Waals surface area contributed by atoms with Crippen LogP contribution in [0.15, 0.2) is 18.2 Å². The van der Waals surface area contributed by atoms with Gasteiger partial charge in [0.2, 0.25) is 0 Å². The molecule has 16 heavy (non-hydrogen) atoms. The number of unbranched alkanes of at least 4 members (excludes halogenated alkanes) is 1. The van der Waals surface area contributed by atoms with Gasteiger partial charge in [0.05, 0.1) is 6.61 Å². The molecule has 0 saturated heterocycles. The van der Waals surface area contributed by atoms with Gasteiger partial charge in [-0.1, -0.05) is 37.9 Å². The molecule has 0 aromatic heterocycles. The molecule has 0 bridgehead atoms. The fourth-order valence-corrected chi connectivity index (χ4v) is 1.91. The minimum atomic E-state index is 0.310. The molecule has 1 atom stereocenters. The summed E-state index contributed by atoms with van der Waals surface area (Å²) in [5.74, 6) is 0.310. The van der Waals surface area contributed by atoms with Gasteiger partial charge < -0.3 is 10.5 Å². The predicted molar refractivity (Wildman–Crippen MR) is 70.0 cm³/mol. The minimum absolute atomic E-state index is 0.310. The summed E-state index contributed by atoms with van der Waals surface area (Å²) in [6.45, 7) is 5.81. The molecule has 3 heteroatoms. The van der Waals surface area contributed by atoms with Gasteiger partial charge in [0.15, 0.2) is 0 Å². The molecule has 0 saturated carbocycles. The number of hydrogen-bond acceptors (Lipinski definition) is 2. The Morgan fingerprint density at radius 3 is 2.81 bits per heavy atom. The van der Waals surface area contributed by atoms with Gasteiger partial charge in [-0.2, -0.15) is 0 Å². The fourth-order valence-electron chi connectivity index (χ4n) is 1.54. The van der Waals surface area contributed by atoms with Crippen LogP contribution < -0.4 is 5.73 Å². The summed E-state index contributed by atoms with van der Waals surface area (Å²) < 4.78 is 5.59. The Labute approximate surface area is 103 Å². The predicted octanol–water partition coefficient (Wildman–Crippen LogP) is 3.84. The summed E-state index contributed by atoms with van der Waals surface area (Å²) in [5.41, 5.74) is 7.46. The van der Waals surface area contributed by atoms with Gasteiger partial charge in [0, 0.05) is 23.2 Å². The lowest BCUT2D eigenvalue weighted by atomic mass is 10.0. The fraction of sp³-hybridized carbons (Fsp3) is 0.538. The molecule has 0 amide bonds. The van der Waals surface area contributed by atoms with Gasteiger partial charge in [-0.15, -0.1) is 0 Å². The van der Waals surface area contributed by atoms with Gasteiger partial charge in [0.25, 0.3) is 0 Å². The highest BCUT2D eigenvalue weighted by Gasteiger charge is 2.09. The molecule has 0 fully saturated rings. The first-order chi connectivity index (χ1) is 7.65. The molecule has 0 aliphatic rings. The van der Waals surface area contributed by atoms with E-state index in [9.17, 15) is 0 Å². The van der Waals surface area contributed by atoms with Gasteiger partial charge in [-0.25, -0.2) is 0 Å². The Morgan fingerprint density at radius 2 is 2.19 bits per heavy atom. The Morgan fingerprint density at radius 1 is 1.44 bits per heavy atom. The lowest BCUT2D eigenvalue weighted by Crippen LogP contribution is -2.06. The number of anilines is 1. The van der Waals surface area contributed by atoms with Gasteiger partial charge >= 0.3 is 0 Å². The van der Waals surface area contributed by atoms with Crippen molar-refractivity contribution < 1.29 is 4.74 Å². The summed E-state index contributed by atoms with van der Waals surface area (Å²) in [6.07, 6.45) is 2.28. The molecule has 90 valence electrons. The molecule has 1 unspecified atom stereocenters. The van der Waals surface area contributed by atoms with E-state index in [4.69, 9.17) is 22.1 Å². The Kier molecular flexibility index (Phi) is 5.64. The second-order valence-electron chi connectivity index (χ2n) is 4.11. The molecule has 1 aromatic carbocycles. The first-order valence-electron chi connectivity index (χ1n) is 5.77. The molecule has 1 rings (SSSR count). The third kappa shape index (κ3) is 4.03. The zero-order valence-corrected chi connectivity index (χ0v) is 10.8. The molecule has 0 spiro atoms. The topological polar surface area (TPSA) is 35.2 Å². The second kappa shape index (κ2) is 6.77. The first kappa shape index (κ1) is 13.3. The van der Waals surface area contributed by atoms with Crippen LogP contribution in [0.2, 0.25) is 5.02 Å². The molecule has 0 radical (unpaired) electrons. The minimum Gasteiger partial charge on any atom is -0.399 e. The van der Waals surface area contributed by atoms with Gasteiger partial charge in [-0.05, 0) is 24.1 Å². The highest BCUT2D eigenvalue weighted by molar-refractivity contribution is 6.31. The van der Waals surface area contributed by atoms with Crippen molar-refractivity contribution in [3.63, 3.8) is 0 Å². The van der Waals surface area contributed by atoms with Crippen molar-refractivity contribution in [3.8, 4) is 0 Å². The molecule has 2 N–H and O–H groups in total. The van der Waals surface area contributed by atoms with Crippen LogP contribution in [-0.2, 0) is 4.74 Å². The third-order valence-corrected chi connectivity index (χ3v) is 2.89. The van der Waals surface area contributed by atoms with Crippen molar-refractivity contribution in [3.05, 3.63) is 28.8 Å². The smallest absolute Gasteiger partial charge is 0.0532 e. The van der Waals surface area contributed by atoms with Crippen LogP contribution in [0.5, 0.6) is 0 Å². The highest BCUT2D eigenvalue weighted by Crippen LogP contribution is 2.26. The van der Waals surface area contributed by atoms with Crippen LogP contribution in [0, 0.1) is 0 Å². The Bertz CT molecular complexity index is 328. The van der Waals surface area contributed by atoms with E-state index < -0.39 is 0 Å². The van der Waals surface area contributed by atoms with Crippen molar-refractivity contribution >= 4 is 17.3 Å². The largest absolute Gasteiger partial charge is 0.399 e. The number of nitrogens with two attached hydrogens (primary N) is 1. The summed E-state index contributed by atoms with van der Waals surface area (Å²) in [5, 5.41) is 0.728. The zero-order chi connectivity index (χ0) is 12.0. The van der Waals surface area contributed by atoms with Crippen molar-refractivity contribution in [2.75, 3.05) is 18.9 Å². The normalized spacial score (nSPS) is 12.7. The van der Waals surface area contributed by atoms with E-state index in [0.717, 1.165) is 30.0 Å². The van der Waals surface area contributed by atoms with E-state index in [2.05, 4.69) is 13.8 Å². The van der Waals surface area contributed by atoms with E-state index in [-0.39, 0.29) is 0 Å². The van der Waals surface area contributed by atoms with Crippen molar-refractivity contribution in [2.24, 2.45) is 0 Å². The Hall–Kier alpha value is -0.730. The molecule has 2 nitrogen and oxygen atoms in total. The molecule has 1 aromatic rings. The second-order valence-corrected chi connectivity index (χ2v) is 4.52. The van der Waals surface area contributed by atoms with E-state index in [1.54, 1.807) is 6.07 Å². The lowest BCUT2D eigenvalue weighted by Gasteiger charge is -2.14. The lowest BCUT2D eigenvalue weighted by molar-refractivity contribution is 0.121. The van der Waals surface area contributed by atoms with Crippen LogP contribution in [-0.4, -0.2) is 13.2 Å². The highest BCUT2D eigenvalue weighted by atomic mass is 35.5. The average molecular weight is 242 g/mol. The monoisotopic (exact) mass is 241 g/mol. The van der Waals surface area contributed by atoms with E-state index in [0.29, 0.717) is 18.2 Å². The number of halogens is 1. The number of nitrogen functional groups attached to an aromatic ring is 1. The first-order valence-corrected chi connectivity index (χ1v) is 6.15. The maximum Gasteiger partial charge on any atom is 0.0532 e. The number of rotatable bonds is 6. The maximum atomic E-state index is 6.13. The van der Waals surface area contributed by atoms with E-state index >= 15 is 0 Å². The standard InChI is InChI=1S/C13H20ClNO/c1-3-4-7-16-9-10(2)12-6-5-11(15)8-13(12)14/h5-6,8,10H,3-4,7,9,15H2,1-2H3. The summed E-state index contributed by atoms with van der Waals surface area (Å²) in [4.78, 5) is 0. The molecular formula is C13H20ClNO. The van der Waals surface area contributed by atoms with E-state index in [1.807, 2.05) is 12.1 Å². The van der Waals surface area contributed by atoms with Crippen LogP contribution in [0.1, 0.15) is 38.2 Å². The van der Waals surface area contributed by atoms with Gasteiger partial charge in [-0.3, -0.25) is 0 Å². The third-order valence-electron chi connectivity index (χ3n) is 2.57. The van der Waals surface area contributed by atoms with Crippen molar-refractivity contribution in [2.45, 2.75) is 32.6 Å². The Balaban J connectivity index is 2.49. The SMILES string of the molecule is CCCCOCC(C)c1ccc(N)cc1Cl. The molecule has 0 aliphatic carbocycles. The number of benzene rings is 1. The van der Waals surface area contributed by atoms with Crippen LogP contribution >= 0.6 is 11.6 Å². The van der Waals surface area contributed by atoms with Crippen LogP contribution in [0.3, 0.4) is 0 Å². The average Bonchev–Trinajstić information content (AvgIpc) is 2.24. The van der Waals surface area contributed by atoms with Crippen molar-refractivity contribution in [1.82, 2.24) is 0 Å². The van der Waals surface area contributed by atoms with Crippen LogP contribution in [0.4, 0.5) is 5.69 Å². The zero-order valence-electron chi connectivity index (χ0n) is 10.0. The molecule has 0 aliphatic heterocycles. The molecular weight excluding hydrogens is 222 g/mol. The van der Waals surface area contributed by atoms with Crippen LogP contribution in [0.25, 0.3) is 0 Å². The van der Waals surface area contributed by atoms with E-state index in [1.165, 1.54) is 0 Å². The summed E-state index contributed by atoms with van der Waals surface area (Å²) in [6, 6.07) is 5.65. The molecule has 0 heterocycles. The summed E-state index contributed by atoms with van der Waals surface area (Å²) >= 11 is 6.13. The quantitative estimate of drug-likeness (QED) is 0.607. The number of hydrogen-bond donors (Lipinski definition) is 1.